The maximum absolute atomic E-state index is 11.3. The first kappa shape index (κ1) is 12.4. The highest BCUT2D eigenvalue weighted by Gasteiger charge is 2.15. The third-order valence-corrected chi connectivity index (χ3v) is 3.27. The molecule has 0 aliphatic rings. The highest BCUT2D eigenvalue weighted by atomic mass is 32.2. The molecule has 0 saturated carbocycles. The minimum absolute atomic E-state index is 0.00357. The van der Waals surface area contributed by atoms with Crippen molar-refractivity contribution in [2.24, 2.45) is 5.14 Å². The van der Waals surface area contributed by atoms with Crippen LogP contribution in [0.1, 0.15) is 0 Å². The van der Waals surface area contributed by atoms with Crippen LogP contribution in [0.2, 0.25) is 0 Å². The molecule has 2 aromatic rings. The van der Waals surface area contributed by atoms with Crippen molar-refractivity contribution in [2.45, 2.75) is 4.90 Å². The first-order valence-corrected chi connectivity index (χ1v) is 6.67. The number of rotatable bonds is 3. The van der Waals surface area contributed by atoms with Gasteiger partial charge in [-0.25, -0.2) is 13.6 Å². The molecule has 0 fully saturated rings. The zero-order chi connectivity index (χ0) is 13.2. The second-order valence-electron chi connectivity index (χ2n) is 3.63. The van der Waals surface area contributed by atoms with Crippen LogP contribution in [0.4, 0.5) is 5.69 Å². The lowest BCUT2D eigenvalue weighted by Gasteiger charge is -2.10. The molecule has 0 heterocycles. The maximum Gasteiger partial charge on any atom is 0.240 e. The number of primary sulfonamides is 1. The van der Waals surface area contributed by atoms with Gasteiger partial charge in [0.15, 0.2) is 5.75 Å². The summed E-state index contributed by atoms with van der Waals surface area (Å²) in [5, 5.41) is 5.06. The molecule has 0 aliphatic heterocycles. The Morgan fingerprint density at radius 1 is 0.944 bits per heavy atom. The van der Waals surface area contributed by atoms with Crippen LogP contribution in [-0.2, 0) is 10.0 Å². The lowest BCUT2D eigenvalue weighted by molar-refractivity contribution is 0.483. The fraction of sp³-hybridized carbons (Fsp3) is 0. The van der Waals surface area contributed by atoms with E-state index in [1.54, 1.807) is 30.3 Å². The van der Waals surface area contributed by atoms with E-state index in [1.165, 1.54) is 12.1 Å². The second-order valence-corrected chi connectivity index (χ2v) is 5.16. The van der Waals surface area contributed by atoms with E-state index >= 15 is 0 Å². The van der Waals surface area contributed by atoms with Gasteiger partial charge in [0.2, 0.25) is 10.0 Å². The first-order chi connectivity index (χ1) is 8.48. The third-order valence-electron chi connectivity index (χ3n) is 2.30. The molecule has 0 unspecified atom stereocenters. The van der Waals surface area contributed by atoms with Gasteiger partial charge in [0.1, 0.15) is 10.6 Å². The molecule has 0 saturated heterocycles. The van der Waals surface area contributed by atoms with Crippen molar-refractivity contribution in [1.82, 2.24) is 0 Å². The van der Waals surface area contributed by atoms with E-state index < -0.39 is 10.0 Å². The lowest BCUT2D eigenvalue weighted by atomic mass is 10.3. The Balaban J connectivity index is 2.42. The van der Waals surface area contributed by atoms with E-state index in [4.69, 9.17) is 15.6 Å². The standard InChI is InChI=1S/C12H12N2O3S/c13-12-10(17-9-5-2-1-3-6-9)7-4-8-11(12)18(14,15)16/h1-8H,13H2,(H2,14,15,16). The predicted octanol–water partition coefficient (Wildman–Crippen LogP) is 1.71. The van der Waals surface area contributed by atoms with Crippen LogP contribution in [0.5, 0.6) is 11.5 Å². The summed E-state index contributed by atoms with van der Waals surface area (Å²) in [6.07, 6.45) is 0. The number of benzene rings is 2. The van der Waals surface area contributed by atoms with Crippen LogP contribution in [-0.4, -0.2) is 8.42 Å². The normalized spacial score (nSPS) is 11.2. The topological polar surface area (TPSA) is 95.4 Å². The summed E-state index contributed by atoms with van der Waals surface area (Å²) in [5.41, 5.74) is 5.74. The van der Waals surface area contributed by atoms with Crippen molar-refractivity contribution in [3.63, 3.8) is 0 Å². The minimum atomic E-state index is -3.85. The number of nitrogens with two attached hydrogens (primary N) is 2. The summed E-state index contributed by atoms with van der Waals surface area (Å²) in [6.45, 7) is 0. The van der Waals surface area contributed by atoms with Gasteiger partial charge in [-0.15, -0.1) is 0 Å². The molecule has 4 N–H and O–H groups in total. The SMILES string of the molecule is Nc1c(Oc2ccccc2)cccc1S(N)(=O)=O. The molecular weight excluding hydrogens is 252 g/mol. The average molecular weight is 264 g/mol. The van der Waals surface area contributed by atoms with Gasteiger partial charge < -0.3 is 10.5 Å². The summed E-state index contributed by atoms with van der Waals surface area (Å²) in [4.78, 5) is -0.143. The molecule has 94 valence electrons. The molecule has 0 bridgehead atoms. The quantitative estimate of drug-likeness (QED) is 0.825. The van der Waals surface area contributed by atoms with Gasteiger partial charge in [0, 0.05) is 0 Å². The number of anilines is 1. The summed E-state index contributed by atoms with van der Waals surface area (Å²) < 4.78 is 28.1. The van der Waals surface area contributed by atoms with E-state index in [2.05, 4.69) is 0 Å². The van der Waals surface area contributed by atoms with Crippen LogP contribution in [0.15, 0.2) is 53.4 Å². The van der Waals surface area contributed by atoms with E-state index in [1.807, 2.05) is 6.07 Å². The zero-order valence-electron chi connectivity index (χ0n) is 9.41. The molecule has 0 aliphatic carbocycles. The van der Waals surface area contributed by atoms with Gasteiger partial charge in [0.25, 0.3) is 0 Å². The van der Waals surface area contributed by atoms with Crippen molar-refractivity contribution in [3.05, 3.63) is 48.5 Å². The maximum atomic E-state index is 11.3. The van der Waals surface area contributed by atoms with Crippen molar-refractivity contribution in [1.29, 1.82) is 0 Å². The Bertz CT molecular complexity index is 654. The molecule has 2 aromatic carbocycles. The van der Waals surface area contributed by atoms with E-state index in [0.717, 1.165) is 0 Å². The Hall–Kier alpha value is -2.05. The monoisotopic (exact) mass is 264 g/mol. The van der Waals surface area contributed by atoms with Crippen LogP contribution >= 0.6 is 0 Å². The molecule has 2 rings (SSSR count). The summed E-state index contributed by atoms with van der Waals surface area (Å²) in [7, 11) is -3.85. The highest BCUT2D eigenvalue weighted by Crippen LogP contribution is 2.31. The lowest BCUT2D eigenvalue weighted by Crippen LogP contribution is -2.14. The van der Waals surface area contributed by atoms with Crippen LogP contribution in [0, 0.1) is 0 Å². The van der Waals surface area contributed by atoms with Gasteiger partial charge in [-0.2, -0.15) is 0 Å². The van der Waals surface area contributed by atoms with Crippen LogP contribution in [0.3, 0.4) is 0 Å². The fourth-order valence-electron chi connectivity index (χ4n) is 1.48. The third kappa shape index (κ3) is 2.61. The molecule has 5 nitrogen and oxygen atoms in total. The number of nitrogen functional groups attached to an aromatic ring is 1. The van der Waals surface area contributed by atoms with Crippen molar-refractivity contribution in [3.8, 4) is 11.5 Å². The molecule has 0 radical (unpaired) electrons. The van der Waals surface area contributed by atoms with Gasteiger partial charge in [-0.05, 0) is 24.3 Å². The van der Waals surface area contributed by atoms with Crippen molar-refractivity contribution in [2.75, 3.05) is 5.73 Å². The van der Waals surface area contributed by atoms with E-state index in [0.29, 0.717) is 5.75 Å². The minimum Gasteiger partial charge on any atom is -0.455 e. The Morgan fingerprint density at radius 3 is 2.22 bits per heavy atom. The molecule has 18 heavy (non-hydrogen) atoms. The summed E-state index contributed by atoms with van der Waals surface area (Å²) >= 11 is 0. The van der Waals surface area contributed by atoms with Gasteiger partial charge >= 0.3 is 0 Å². The van der Waals surface area contributed by atoms with Gasteiger partial charge in [-0.3, -0.25) is 0 Å². The molecule has 6 heteroatoms. The van der Waals surface area contributed by atoms with Gasteiger partial charge in [-0.1, -0.05) is 24.3 Å². The zero-order valence-corrected chi connectivity index (χ0v) is 10.2. The number of ether oxygens (including phenoxy) is 1. The smallest absolute Gasteiger partial charge is 0.240 e. The highest BCUT2D eigenvalue weighted by molar-refractivity contribution is 7.89. The summed E-state index contributed by atoms with van der Waals surface area (Å²) in [6, 6.07) is 13.4. The van der Waals surface area contributed by atoms with E-state index in [9.17, 15) is 8.42 Å². The summed E-state index contributed by atoms with van der Waals surface area (Å²) in [5.74, 6) is 0.823. The number of para-hydroxylation sites is 2. The fourth-order valence-corrected chi connectivity index (χ4v) is 2.15. The largest absolute Gasteiger partial charge is 0.455 e. The van der Waals surface area contributed by atoms with Gasteiger partial charge in [0.05, 0.1) is 5.69 Å². The average Bonchev–Trinajstić information content (AvgIpc) is 2.32. The predicted molar refractivity (Wildman–Crippen MR) is 68.7 cm³/mol. The molecule has 0 atom stereocenters. The number of hydrogen-bond acceptors (Lipinski definition) is 4. The van der Waals surface area contributed by atoms with E-state index in [-0.39, 0.29) is 16.3 Å². The Labute approximate surface area is 105 Å². The molecule has 0 spiro atoms. The first-order valence-electron chi connectivity index (χ1n) is 5.12. The van der Waals surface area contributed by atoms with Crippen molar-refractivity contribution < 1.29 is 13.2 Å². The number of hydrogen-bond donors (Lipinski definition) is 2. The molecule has 0 amide bonds. The molecule has 0 aromatic heterocycles. The van der Waals surface area contributed by atoms with Crippen LogP contribution < -0.4 is 15.6 Å². The van der Waals surface area contributed by atoms with Crippen molar-refractivity contribution >= 4 is 15.7 Å². The van der Waals surface area contributed by atoms with Crippen LogP contribution in [0.25, 0.3) is 0 Å². The Kier molecular flexibility index (Phi) is 3.22. The second kappa shape index (κ2) is 4.67. The Morgan fingerprint density at radius 2 is 1.61 bits per heavy atom. The molecular formula is C12H12N2O3S. The number of sulfonamides is 1.